The Labute approximate surface area is 165 Å². The highest BCUT2D eigenvalue weighted by Crippen LogP contribution is 2.34. The summed E-state index contributed by atoms with van der Waals surface area (Å²) in [4.78, 5) is 12.3. The molecule has 0 aromatic heterocycles. The topological polar surface area (TPSA) is 38.3 Å². The van der Waals surface area contributed by atoms with Gasteiger partial charge in [-0.2, -0.15) is 0 Å². The van der Waals surface area contributed by atoms with Gasteiger partial charge in [0.2, 0.25) is 0 Å². The second-order valence-corrected chi connectivity index (χ2v) is 7.01. The van der Waals surface area contributed by atoms with Crippen molar-refractivity contribution in [3.63, 3.8) is 0 Å². The molecule has 0 aliphatic rings. The van der Waals surface area contributed by atoms with Gasteiger partial charge < -0.3 is 10.1 Å². The van der Waals surface area contributed by atoms with Gasteiger partial charge in [-0.05, 0) is 24.1 Å². The normalized spacial score (nSPS) is 10.6. The van der Waals surface area contributed by atoms with Crippen LogP contribution < -0.4 is 10.1 Å². The van der Waals surface area contributed by atoms with Gasteiger partial charge in [0.1, 0.15) is 0 Å². The first-order valence-corrected chi connectivity index (χ1v) is 9.81. The molecule has 2 aromatic rings. The Bertz CT molecular complexity index is 681. The maximum Gasteiger partial charge on any atom is 0.251 e. The maximum atomic E-state index is 12.3. The van der Waals surface area contributed by atoms with Gasteiger partial charge in [0.05, 0.1) is 16.7 Å². The number of carbonyl (C=O) groups excluding carboxylic acids is 1. The molecule has 0 aliphatic carbocycles. The van der Waals surface area contributed by atoms with E-state index in [1.807, 2.05) is 30.3 Å². The minimum atomic E-state index is -0.219. The first-order valence-electron chi connectivity index (χ1n) is 9.05. The predicted molar refractivity (Wildman–Crippen MR) is 108 cm³/mol. The van der Waals surface area contributed by atoms with E-state index in [1.54, 1.807) is 12.1 Å². The average Bonchev–Trinajstić information content (AvgIpc) is 2.65. The van der Waals surface area contributed by atoms with Gasteiger partial charge in [0.15, 0.2) is 5.75 Å². The molecule has 3 nitrogen and oxygen atoms in total. The van der Waals surface area contributed by atoms with Crippen LogP contribution >= 0.6 is 23.2 Å². The summed E-state index contributed by atoms with van der Waals surface area (Å²) < 4.78 is 5.72. The minimum Gasteiger partial charge on any atom is -0.490 e. The van der Waals surface area contributed by atoms with E-state index >= 15 is 0 Å². The van der Waals surface area contributed by atoms with Crippen LogP contribution in [0.1, 0.15) is 54.9 Å². The quantitative estimate of drug-likeness (QED) is 0.482. The third kappa shape index (κ3) is 6.54. The molecule has 0 aliphatic heterocycles. The average molecular weight is 394 g/mol. The molecule has 5 heteroatoms. The zero-order valence-electron chi connectivity index (χ0n) is 15.1. The van der Waals surface area contributed by atoms with Crippen LogP contribution in [0, 0.1) is 0 Å². The van der Waals surface area contributed by atoms with Crippen LogP contribution in [0.2, 0.25) is 10.0 Å². The SMILES string of the molecule is CCCCCCCOc1c(Cl)cc(C(=O)NCc2ccccc2)cc1Cl. The molecule has 0 spiro atoms. The number of halogens is 2. The molecule has 0 bridgehead atoms. The number of carbonyl (C=O) groups is 1. The Hall–Kier alpha value is -1.71. The Balaban J connectivity index is 1.89. The standard InChI is InChI=1S/C21H25Cl2NO2/c1-2-3-4-5-9-12-26-20-18(22)13-17(14-19(20)23)21(25)24-15-16-10-7-6-8-11-16/h6-8,10-11,13-14H,2-5,9,12,15H2,1H3,(H,24,25). The number of hydrogen-bond donors (Lipinski definition) is 1. The summed E-state index contributed by atoms with van der Waals surface area (Å²) in [6.07, 6.45) is 5.76. The summed E-state index contributed by atoms with van der Waals surface area (Å²) >= 11 is 12.5. The van der Waals surface area contributed by atoms with E-state index in [0.717, 1.165) is 18.4 Å². The van der Waals surface area contributed by atoms with Crippen molar-refractivity contribution in [2.45, 2.75) is 45.6 Å². The van der Waals surface area contributed by atoms with Gasteiger partial charge in [-0.25, -0.2) is 0 Å². The number of unbranched alkanes of at least 4 members (excludes halogenated alkanes) is 4. The highest BCUT2D eigenvalue weighted by molar-refractivity contribution is 6.37. The Morgan fingerprint density at radius 2 is 1.65 bits per heavy atom. The molecule has 0 heterocycles. The number of hydrogen-bond acceptors (Lipinski definition) is 2. The van der Waals surface area contributed by atoms with Gasteiger partial charge in [0.25, 0.3) is 5.91 Å². The molecule has 140 valence electrons. The van der Waals surface area contributed by atoms with Crippen molar-refractivity contribution in [1.82, 2.24) is 5.32 Å². The van der Waals surface area contributed by atoms with Gasteiger partial charge in [-0.3, -0.25) is 4.79 Å². The molecule has 0 atom stereocenters. The summed E-state index contributed by atoms with van der Waals surface area (Å²) in [6, 6.07) is 12.9. The van der Waals surface area contributed by atoms with E-state index in [1.165, 1.54) is 19.3 Å². The highest BCUT2D eigenvalue weighted by atomic mass is 35.5. The molecule has 26 heavy (non-hydrogen) atoms. The number of benzene rings is 2. The van der Waals surface area contributed by atoms with Crippen molar-refractivity contribution in [2.75, 3.05) is 6.61 Å². The van der Waals surface area contributed by atoms with E-state index in [2.05, 4.69) is 12.2 Å². The van der Waals surface area contributed by atoms with Crippen LogP contribution in [0.25, 0.3) is 0 Å². The maximum absolute atomic E-state index is 12.3. The van der Waals surface area contributed by atoms with E-state index in [9.17, 15) is 4.79 Å². The van der Waals surface area contributed by atoms with Crippen LogP contribution in [0.3, 0.4) is 0 Å². The zero-order chi connectivity index (χ0) is 18.8. The second kappa shape index (κ2) is 11.1. The lowest BCUT2D eigenvalue weighted by atomic mass is 10.1. The fourth-order valence-electron chi connectivity index (χ4n) is 2.59. The first kappa shape index (κ1) is 20.6. The van der Waals surface area contributed by atoms with Crippen LogP contribution in [0.15, 0.2) is 42.5 Å². The summed E-state index contributed by atoms with van der Waals surface area (Å²) in [7, 11) is 0. The molecule has 2 rings (SSSR count). The van der Waals surface area contributed by atoms with Crippen LogP contribution in [0.4, 0.5) is 0 Å². The molecular formula is C21H25Cl2NO2. The summed E-state index contributed by atoms with van der Waals surface area (Å²) in [6.45, 7) is 3.21. The van der Waals surface area contributed by atoms with E-state index in [0.29, 0.717) is 34.5 Å². The van der Waals surface area contributed by atoms with E-state index in [-0.39, 0.29) is 5.91 Å². The second-order valence-electron chi connectivity index (χ2n) is 6.20. The lowest BCUT2D eigenvalue weighted by Gasteiger charge is -2.12. The molecule has 2 aromatic carbocycles. The fraction of sp³-hybridized carbons (Fsp3) is 0.381. The van der Waals surface area contributed by atoms with Crippen LogP contribution in [-0.4, -0.2) is 12.5 Å². The zero-order valence-corrected chi connectivity index (χ0v) is 16.6. The third-order valence-corrected chi connectivity index (χ3v) is 4.61. The van der Waals surface area contributed by atoms with Gasteiger partial charge >= 0.3 is 0 Å². The molecule has 0 unspecified atom stereocenters. The lowest BCUT2D eigenvalue weighted by molar-refractivity contribution is 0.0951. The monoisotopic (exact) mass is 393 g/mol. The van der Waals surface area contributed by atoms with Crippen molar-refractivity contribution in [2.24, 2.45) is 0 Å². The van der Waals surface area contributed by atoms with E-state index in [4.69, 9.17) is 27.9 Å². The lowest BCUT2D eigenvalue weighted by Crippen LogP contribution is -2.22. The van der Waals surface area contributed by atoms with Crippen LogP contribution in [0.5, 0.6) is 5.75 Å². The van der Waals surface area contributed by atoms with Crippen molar-refractivity contribution in [1.29, 1.82) is 0 Å². The molecule has 0 fully saturated rings. The molecule has 0 radical (unpaired) electrons. The Morgan fingerprint density at radius 1 is 1.00 bits per heavy atom. The van der Waals surface area contributed by atoms with Crippen molar-refractivity contribution in [3.05, 3.63) is 63.6 Å². The smallest absolute Gasteiger partial charge is 0.251 e. The molecule has 0 saturated carbocycles. The van der Waals surface area contributed by atoms with Gasteiger partial charge in [0, 0.05) is 12.1 Å². The molecule has 0 saturated heterocycles. The van der Waals surface area contributed by atoms with Crippen molar-refractivity contribution in [3.8, 4) is 5.75 Å². The summed E-state index contributed by atoms with van der Waals surface area (Å²) in [5.41, 5.74) is 1.45. The van der Waals surface area contributed by atoms with Gasteiger partial charge in [-0.1, -0.05) is 86.1 Å². The molecule has 1 amide bonds. The van der Waals surface area contributed by atoms with Crippen molar-refractivity contribution < 1.29 is 9.53 Å². The fourth-order valence-corrected chi connectivity index (χ4v) is 3.19. The molecule has 1 N–H and O–H groups in total. The van der Waals surface area contributed by atoms with Crippen LogP contribution in [-0.2, 0) is 6.54 Å². The highest BCUT2D eigenvalue weighted by Gasteiger charge is 2.14. The third-order valence-electron chi connectivity index (χ3n) is 4.05. The van der Waals surface area contributed by atoms with Crippen molar-refractivity contribution >= 4 is 29.1 Å². The van der Waals surface area contributed by atoms with Gasteiger partial charge in [-0.15, -0.1) is 0 Å². The summed E-state index contributed by atoms with van der Waals surface area (Å²) in [5.74, 6) is 0.229. The Morgan fingerprint density at radius 3 is 2.31 bits per heavy atom. The summed E-state index contributed by atoms with van der Waals surface area (Å²) in [5, 5.41) is 3.58. The van der Waals surface area contributed by atoms with E-state index < -0.39 is 0 Å². The largest absolute Gasteiger partial charge is 0.490 e. The number of amides is 1. The first-order chi connectivity index (χ1) is 12.6. The Kier molecular flexibility index (Phi) is 8.79. The minimum absolute atomic E-state index is 0.219. The number of nitrogens with one attached hydrogen (secondary N) is 1. The predicted octanol–water partition coefficient (Wildman–Crippen LogP) is 6.27. The molecular weight excluding hydrogens is 369 g/mol. The number of rotatable bonds is 10. The number of ether oxygens (including phenoxy) is 1.